The Labute approximate surface area is 108 Å². The molecule has 4 nitrogen and oxygen atoms in total. The molecule has 0 aliphatic rings. The fraction of sp³-hybridized carbons (Fsp3) is 0.250. The number of hydrogen-bond donors (Lipinski definition) is 0. The second-order valence-corrected chi connectivity index (χ2v) is 4.33. The van der Waals surface area contributed by atoms with E-state index in [-0.39, 0.29) is 17.8 Å². The van der Waals surface area contributed by atoms with Crippen LogP contribution in [0.15, 0.2) is 18.5 Å². The van der Waals surface area contributed by atoms with Gasteiger partial charge in [-0.15, -0.1) is 0 Å². The first-order chi connectivity index (χ1) is 8.49. The van der Waals surface area contributed by atoms with Crippen molar-refractivity contribution in [3.8, 4) is 0 Å². The molecule has 2 heterocycles. The molecular formula is C12H11ClFN3O. The van der Waals surface area contributed by atoms with Gasteiger partial charge in [-0.05, 0) is 13.0 Å². The molecule has 6 heteroatoms. The Kier molecular flexibility index (Phi) is 3.43. The Hall–Kier alpha value is -1.75. The zero-order chi connectivity index (χ0) is 13.3. The van der Waals surface area contributed by atoms with Crippen molar-refractivity contribution in [2.75, 3.05) is 0 Å². The van der Waals surface area contributed by atoms with Gasteiger partial charge in [-0.3, -0.25) is 14.5 Å². The van der Waals surface area contributed by atoms with Crippen LogP contribution in [0.2, 0.25) is 5.15 Å². The average Bonchev–Trinajstić information content (AvgIpc) is 2.56. The van der Waals surface area contributed by atoms with Gasteiger partial charge in [-0.25, -0.2) is 4.39 Å². The van der Waals surface area contributed by atoms with Gasteiger partial charge in [0.15, 0.2) is 5.78 Å². The van der Waals surface area contributed by atoms with E-state index in [0.717, 1.165) is 12.3 Å². The summed E-state index contributed by atoms with van der Waals surface area (Å²) in [5.41, 5.74) is 1.59. The van der Waals surface area contributed by atoms with Crippen LogP contribution in [0.25, 0.3) is 0 Å². The highest BCUT2D eigenvalue weighted by molar-refractivity contribution is 6.30. The summed E-state index contributed by atoms with van der Waals surface area (Å²) in [5.74, 6) is -0.769. The summed E-state index contributed by atoms with van der Waals surface area (Å²) in [4.78, 5) is 15.6. The highest BCUT2D eigenvalue weighted by Gasteiger charge is 2.16. The number of halogens is 2. The third-order valence-corrected chi connectivity index (χ3v) is 3.11. The Balaban J connectivity index is 2.27. The van der Waals surface area contributed by atoms with Crippen LogP contribution in [-0.4, -0.2) is 20.5 Å². The topological polar surface area (TPSA) is 47.8 Å². The van der Waals surface area contributed by atoms with E-state index >= 15 is 0 Å². The molecule has 0 fully saturated rings. The summed E-state index contributed by atoms with van der Waals surface area (Å²) >= 11 is 6.04. The lowest BCUT2D eigenvalue weighted by Gasteiger charge is -2.01. The van der Waals surface area contributed by atoms with Crippen molar-refractivity contribution in [2.24, 2.45) is 7.05 Å². The number of ketones is 1. The van der Waals surface area contributed by atoms with Crippen molar-refractivity contribution in [1.29, 1.82) is 0 Å². The molecule has 0 saturated heterocycles. The fourth-order valence-electron chi connectivity index (χ4n) is 1.70. The highest BCUT2D eigenvalue weighted by atomic mass is 35.5. The number of nitrogens with zero attached hydrogens (tertiary/aromatic N) is 3. The summed E-state index contributed by atoms with van der Waals surface area (Å²) in [6.45, 7) is 1.78. The molecule has 0 spiro atoms. The molecule has 0 aliphatic carbocycles. The maximum absolute atomic E-state index is 13.0. The van der Waals surface area contributed by atoms with E-state index < -0.39 is 5.82 Å². The maximum Gasteiger partial charge on any atom is 0.169 e. The van der Waals surface area contributed by atoms with E-state index in [2.05, 4.69) is 10.1 Å². The minimum absolute atomic E-state index is 0.0869. The molecule has 0 bridgehead atoms. The zero-order valence-corrected chi connectivity index (χ0v) is 10.7. The molecule has 94 valence electrons. The van der Waals surface area contributed by atoms with Crippen LogP contribution < -0.4 is 0 Å². The predicted octanol–water partition coefficient (Wildman–Crippen LogP) is 2.34. The first-order valence-electron chi connectivity index (χ1n) is 5.30. The molecule has 0 atom stereocenters. The number of rotatable bonds is 3. The van der Waals surface area contributed by atoms with Crippen LogP contribution in [0.4, 0.5) is 4.39 Å². The lowest BCUT2D eigenvalue weighted by molar-refractivity contribution is 0.0992. The molecule has 0 radical (unpaired) electrons. The van der Waals surface area contributed by atoms with Crippen molar-refractivity contribution in [2.45, 2.75) is 13.3 Å². The smallest absolute Gasteiger partial charge is 0.169 e. The largest absolute Gasteiger partial charge is 0.294 e. The molecule has 0 saturated carbocycles. The predicted molar refractivity (Wildman–Crippen MR) is 65.2 cm³/mol. The van der Waals surface area contributed by atoms with Crippen LogP contribution in [0.5, 0.6) is 0 Å². The van der Waals surface area contributed by atoms with Gasteiger partial charge >= 0.3 is 0 Å². The molecule has 0 aliphatic heterocycles. The molecule has 2 aromatic heterocycles. The van der Waals surface area contributed by atoms with Crippen LogP contribution in [-0.2, 0) is 13.5 Å². The molecule has 18 heavy (non-hydrogen) atoms. The van der Waals surface area contributed by atoms with E-state index in [1.165, 1.54) is 10.9 Å². The van der Waals surface area contributed by atoms with Crippen molar-refractivity contribution >= 4 is 17.4 Å². The van der Waals surface area contributed by atoms with Crippen LogP contribution >= 0.6 is 11.6 Å². The number of aryl methyl sites for hydroxylation is 2. The number of carbonyl (C=O) groups excluding carboxylic acids is 1. The molecule has 2 aromatic rings. The van der Waals surface area contributed by atoms with E-state index in [0.29, 0.717) is 16.4 Å². The second kappa shape index (κ2) is 4.86. The summed E-state index contributed by atoms with van der Waals surface area (Å²) in [7, 11) is 1.70. The van der Waals surface area contributed by atoms with Crippen LogP contribution in [0, 0.1) is 12.7 Å². The number of Topliss-reactive ketones (excluding diaryl/α,β-unsaturated/α-hetero) is 1. The van der Waals surface area contributed by atoms with Gasteiger partial charge in [0.2, 0.25) is 0 Å². The van der Waals surface area contributed by atoms with Gasteiger partial charge < -0.3 is 0 Å². The second-order valence-electron chi connectivity index (χ2n) is 3.97. The normalized spacial score (nSPS) is 10.7. The molecule has 0 amide bonds. The third-order valence-electron chi connectivity index (χ3n) is 2.63. The first-order valence-corrected chi connectivity index (χ1v) is 5.68. The quantitative estimate of drug-likeness (QED) is 0.802. The van der Waals surface area contributed by atoms with Crippen LogP contribution in [0.1, 0.15) is 21.6 Å². The zero-order valence-electron chi connectivity index (χ0n) is 9.94. The van der Waals surface area contributed by atoms with Crippen molar-refractivity contribution in [1.82, 2.24) is 14.8 Å². The van der Waals surface area contributed by atoms with Crippen molar-refractivity contribution in [3.05, 3.63) is 46.3 Å². The summed E-state index contributed by atoms with van der Waals surface area (Å²) < 4.78 is 14.5. The van der Waals surface area contributed by atoms with E-state index in [4.69, 9.17) is 11.6 Å². The summed E-state index contributed by atoms with van der Waals surface area (Å²) in [6, 6.07) is 1.16. The summed E-state index contributed by atoms with van der Waals surface area (Å²) in [5, 5.41) is 4.54. The number of pyridine rings is 1. The van der Waals surface area contributed by atoms with Crippen molar-refractivity contribution < 1.29 is 9.18 Å². The van der Waals surface area contributed by atoms with E-state index in [1.807, 2.05) is 0 Å². The standard InChI is InChI=1S/C12H11ClFN3O/c1-7-10(12(13)17(2)16-7)4-11(18)8-3-9(14)6-15-5-8/h3,5-6H,4H2,1-2H3. The minimum Gasteiger partial charge on any atom is -0.294 e. The Morgan fingerprint density at radius 1 is 1.50 bits per heavy atom. The Morgan fingerprint density at radius 2 is 2.22 bits per heavy atom. The number of aromatic nitrogens is 3. The lowest BCUT2D eigenvalue weighted by atomic mass is 10.1. The number of carbonyl (C=O) groups is 1. The lowest BCUT2D eigenvalue weighted by Crippen LogP contribution is -2.05. The van der Waals surface area contributed by atoms with E-state index in [1.54, 1.807) is 14.0 Å². The van der Waals surface area contributed by atoms with Gasteiger partial charge in [-0.2, -0.15) is 5.10 Å². The van der Waals surface area contributed by atoms with Gasteiger partial charge in [0.1, 0.15) is 11.0 Å². The molecule has 0 unspecified atom stereocenters. The molecule has 2 rings (SSSR count). The van der Waals surface area contributed by atoms with Gasteiger partial charge in [0, 0.05) is 30.8 Å². The van der Waals surface area contributed by atoms with Crippen molar-refractivity contribution in [3.63, 3.8) is 0 Å². The Morgan fingerprint density at radius 3 is 2.78 bits per heavy atom. The highest BCUT2D eigenvalue weighted by Crippen LogP contribution is 2.20. The average molecular weight is 268 g/mol. The monoisotopic (exact) mass is 267 g/mol. The van der Waals surface area contributed by atoms with Gasteiger partial charge in [0.05, 0.1) is 11.9 Å². The van der Waals surface area contributed by atoms with Gasteiger partial charge in [-0.1, -0.05) is 11.6 Å². The molecule has 0 aromatic carbocycles. The minimum atomic E-state index is -0.533. The molecular weight excluding hydrogens is 257 g/mol. The Bertz CT molecular complexity index is 609. The SMILES string of the molecule is Cc1nn(C)c(Cl)c1CC(=O)c1cncc(F)c1. The number of hydrogen-bond acceptors (Lipinski definition) is 3. The van der Waals surface area contributed by atoms with Gasteiger partial charge in [0.25, 0.3) is 0 Å². The maximum atomic E-state index is 13.0. The molecule has 0 N–H and O–H groups in total. The third kappa shape index (κ3) is 2.41. The fourth-order valence-corrected chi connectivity index (χ4v) is 1.94. The van der Waals surface area contributed by atoms with E-state index in [9.17, 15) is 9.18 Å². The summed E-state index contributed by atoms with van der Waals surface area (Å²) in [6.07, 6.45) is 2.48. The van der Waals surface area contributed by atoms with Crippen LogP contribution in [0.3, 0.4) is 0 Å². The first kappa shape index (κ1) is 12.7.